The first-order chi connectivity index (χ1) is 12.0. The van der Waals surface area contributed by atoms with E-state index in [4.69, 9.17) is 11.6 Å². The van der Waals surface area contributed by atoms with Gasteiger partial charge in [-0.15, -0.1) is 0 Å². The molecule has 0 fully saturated rings. The third-order valence-electron chi connectivity index (χ3n) is 3.11. The van der Waals surface area contributed by atoms with Gasteiger partial charge in [-0.05, 0) is 30.3 Å². The smallest absolute Gasteiger partial charge is 0.334 e. The number of anilines is 2. The summed E-state index contributed by atoms with van der Waals surface area (Å²) in [5.74, 6) is -0.578. The molecule has 0 saturated carbocycles. The fraction of sp³-hybridized carbons (Fsp3) is 0. The number of benzene rings is 2. The zero-order valence-electron chi connectivity index (χ0n) is 12.5. The van der Waals surface area contributed by atoms with Crippen molar-refractivity contribution in [1.82, 2.24) is 9.97 Å². The minimum Gasteiger partial charge on any atom is -0.334 e. The Balaban J connectivity index is 1.97. The minimum atomic E-state index is -0.579. The second kappa shape index (κ2) is 7.45. The fourth-order valence-electron chi connectivity index (χ4n) is 2.00. The van der Waals surface area contributed by atoms with Gasteiger partial charge < -0.3 is 5.32 Å². The summed E-state index contributed by atoms with van der Waals surface area (Å²) >= 11 is 6.89. The predicted molar refractivity (Wildman–Crippen MR) is 93.9 cm³/mol. The highest BCUT2D eigenvalue weighted by Gasteiger charge is 2.24. The van der Waals surface area contributed by atoms with E-state index in [2.05, 4.69) is 15.3 Å². The number of rotatable bonds is 5. The van der Waals surface area contributed by atoms with Gasteiger partial charge in [0.15, 0.2) is 5.03 Å². The zero-order valence-corrected chi connectivity index (χ0v) is 14.1. The van der Waals surface area contributed by atoms with E-state index >= 15 is 0 Å². The summed E-state index contributed by atoms with van der Waals surface area (Å²) in [7, 11) is 0. The van der Waals surface area contributed by atoms with Crippen molar-refractivity contribution in [3.63, 3.8) is 0 Å². The molecule has 0 aliphatic rings. The van der Waals surface area contributed by atoms with Crippen molar-refractivity contribution in [1.29, 1.82) is 0 Å². The van der Waals surface area contributed by atoms with Crippen molar-refractivity contribution < 1.29 is 9.31 Å². The fourth-order valence-corrected chi connectivity index (χ4v) is 3.07. The predicted octanol–water partition coefficient (Wildman–Crippen LogP) is 5.07. The highest BCUT2D eigenvalue weighted by atomic mass is 35.5. The van der Waals surface area contributed by atoms with Crippen LogP contribution >= 0.6 is 23.4 Å². The lowest BCUT2D eigenvalue weighted by Gasteiger charge is -2.09. The molecule has 0 radical (unpaired) electrons. The molecule has 0 bridgehead atoms. The number of hydrogen-bond acceptors (Lipinski definition) is 6. The summed E-state index contributed by atoms with van der Waals surface area (Å²) in [6, 6.07) is 13.1. The summed E-state index contributed by atoms with van der Waals surface area (Å²) in [5.41, 5.74) is 0.112. The average Bonchev–Trinajstić information content (AvgIpc) is 2.59. The van der Waals surface area contributed by atoms with Crippen LogP contribution in [0.15, 0.2) is 64.8 Å². The molecule has 0 atom stereocenters. The van der Waals surface area contributed by atoms with Crippen LogP contribution in [0.25, 0.3) is 0 Å². The highest BCUT2D eigenvalue weighted by molar-refractivity contribution is 7.99. The highest BCUT2D eigenvalue weighted by Crippen LogP contribution is 2.37. The van der Waals surface area contributed by atoms with E-state index in [-0.39, 0.29) is 21.6 Å². The van der Waals surface area contributed by atoms with E-state index in [0.29, 0.717) is 5.69 Å². The molecule has 1 heterocycles. The average molecular weight is 377 g/mol. The third-order valence-corrected chi connectivity index (χ3v) is 4.40. The maximum Gasteiger partial charge on any atom is 0.343 e. The first kappa shape index (κ1) is 17.1. The Morgan fingerprint density at radius 1 is 1.16 bits per heavy atom. The maximum atomic E-state index is 13.3. The molecular formula is C16H10ClFN4O2S. The molecule has 2 aromatic carbocycles. The summed E-state index contributed by atoms with van der Waals surface area (Å²) in [4.78, 5) is 19.7. The van der Waals surface area contributed by atoms with E-state index in [1.165, 1.54) is 18.5 Å². The molecule has 0 unspecified atom stereocenters. The van der Waals surface area contributed by atoms with Crippen molar-refractivity contribution in [2.45, 2.75) is 9.92 Å². The molecule has 6 nitrogen and oxygen atoms in total. The molecule has 0 amide bonds. The van der Waals surface area contributed by atoms with Crippen LogP contribution in [0.4, 0.5) is 21.6 Å². The van der Waals surface area contributed by atoms with Crippen LogP contribution in [0.3, 0.4) is 0 Å². The van der Waals surface area contributed by atoms with Crippen LogP contribution < -0.4 is 5.32 Å². The molecule has 1 N–H and O–H groups in total. The second-order valence-electron chi connectivity index (χ2n) is 4.80. The molecule has 0 saturated heterocycles. The molecule has 9 heteroatoms. The quantitative estimate of drug-likeness (QED) is 0.380. The molecule has 25 heavy (non-hydrogen) atoms. The van der Waals surface area contributed by atoms with Gasteiger partial charge in [0.2, 0.25) is 5.82 Å². The van der Waals surface area contributed by atoms with Crippen molar-refractivity contribution >= 4 is 40.6 Å². The number of nitrogens with one attached hydrogen (secondary N) is 1. The molecular weight excluding hydrogens is 367 g/mol. The second-order valence-corrected chi connectivity index (χ2v) is 6.27. The number of nitro groups is 1. The number of halogens is 2. The summed E-state index contributed by atoms with van der Waals surface area (Å²) in [5, 5.41) is 14.4. The SMILES string of the molecule is O=[N+]([O-])c1c(Nc2ccc(F)c(Cl)c2)ncnc1Sc1ccccc1. The first-order valence-electron chi connectivity index (χ1n) is 6.99. The topological polar surface area (TPSA) is 81.0 Å². The zero-order chi connectivity index (χ0) is 17.8. The van der Waals surface area contributed by atoms with Crippen LogP contribution in [0, 0.1) is 15.9 Å². The Morgan fingerprint density at radius 3 is 2.60 bits per heavy atom. The Kier molecular flexibility index (Phi) is 5.11. The van der Waals surface area contributed by atoms with Gasteiger partial charge in [0.05, 0.1) is 9.95 Å². The molecule has 126 valence electrons. The van der Waals surface area contributed by atoms with Gasteiger partial charge in [-0.2, -0.15) is 0 Å². The van der Waals surface area contributed by atoms with Crippen molar-refractivity contribution in [3.05, 3.63) is 75.8 Å². The van der Waals surface area contributed by atoms with E-state index in [1.54, 1.807) is 0 Å². The number of hydrogen-bond donors (Lipinski definition) is 1. The molecule has 3 aromatic rings. The van der Waals surface area contributed by atoms with Crippen molar-refractivity contribution in [2.75, 3.05) is 5.32 Å². The largest absolute Gasteiger partial charge is 0.343 e. The number of nitrogens with zero attached hydrogens (tertiary/aromatic N) is 3. The molecule has 0 aliphatic heterocycles. The molecule has 0 aliphatic carbocycles. The van der Waals surface area contributed by atoms with Crippen molar-refractivity contribution in [3.8, 4) is 0 Å². The van der Waals surface area contributed by atoms with E-state index < -0.39 is 10.7 Å². The maximum absolute atomic E-state index is 13.3. The molecule has 1 aromatic heterocycles. The minimum absolute atomic E-state index is 0.00102. The first-order valence-corrected chi connectivity index (χ1v) is 8.18. The Hall–Kier alpha value is -2.71. The van der Waals surface area contributed by atoms with Crippen LogP contribution in [-0.2, 0) is 0 Å². The lowest BCUT2D eigenvalue weighted by atomic mass is 10.3. The standard InChI is InChI=1S/C16H10ClFN4O2S/c17-12-8-10(6-7-13(12)18)21-15-14(22(23)24)16(20-9-19-15)25-11-4-2-1-3-5-11/h1-9H,(H,19,20,21). The lowest BCUT2D eigenvalue weighted by Crippen LogP contribution is -2.03. The van der Waals surface area contributed by atoms with Crippen LogP contribution in [-0.4, -0.2) is 14.9 Å². The molecule has 3 rings (SSSR count). The van der Waals surface area contributed by atoms with Gasteiger partial charge in [0.25, 0.3) is 0 Å². The van der Waals surface area contributed by atoms with Crippen LogP contribution in [0.2, 0.25) is 5.02 Å². The van der Waals surface area contributed by atoms with Crippen LogP contribution in [0.1, 0.15) is 0 Å². The van der Waals surface area contributed by atoms with E-state index in [0.717, 1.165) is 22.7 Å². The van der Waals surface area contributed by atoms with Gasteiger partial charge in [-0.1, -0.05) is 41.6 Å². The van der Waals surface area contributed by atoms with Crippen molar-refractivity contribution in [2.24, 2.45) is 0 Å². The van der Waals surface area contributed by atoms with E-state index in [9.17, 15) is 14.5 Å². The lowest BCUT2D eigenvalue weighted by molar-refractivity contribution is -0.387. The Labute approximate surface area is 151 Å². The van der Waals surface area contributed by atoms with Gasteiger partial charge in [-0.25, -0.2) is 14.4 Å². The Morgan fingerprint density at radius 2 is 1.92 bits per heavy atom. The van der Waals surface area contributed by atoms with Crippen LogP contribution in [0.5, 0.6) is 0 Å². The third kappa shape index (κ3) is 4.04. The van der Waals surface area contributed by atoms with E-state index in [1.807, 2.05) is 30.3 Å². The van der Waals surface area contributed by atoms with Gasteiger partial charge >= 0.3 is 5.69 Å². The number of aromatic nitrogens is 2. The monoisotopic (exact) mass is 376 g/mol. The molecule has 0 spiro atoms. The van der Waals surface area contributed by atoms with Gasteiger partial charge in [0, 0.05) is 10.6 Å². The summed E-state index contributed by atoms with van der Waals surface area (Å²) < 4.78 is 13.3. The normalized spacial score (nSPS) is 10.5. The van der Waals surface area contributed by atoms with Gasteiger partial charge in [-0.3, -0.25) is 10.1 Å². The summed E-state index contributed by atoms with van der Waals surface area (Å²) in [6.07, 6.45) is 1.23. The summed E-state index contributed by atoms with van der Waals surface area (Å²) in [6.45, 7) is 0. The Bertz CT molecular complexity index is 927. The van der Waals surface area contributed by atoms with Gasteiger partial charge in [0.1, 0.15) is 12.1 Å².